The molecule has 114 valence electrons. The fraction of sp³-hybridized carbons (Fsp3) is 0.286. The van der Waals surface area contributed by atoms with Gasteiger partial charge in [0.25, 0.3) is 11.8 Å². The topological polar surface area (TPSA) is 92.8 Å². The number of nitrogens with zero attached hydrogens (tertiary/aromatic N) is 1. The summed E-state index contributed by atoms with van der Waals surface area (Å²) in [4.78, 5) is 49.1. The Labute approximate surface area is 130 Å². The van der Waals surface area contributed by atoms with E-state index in [4.69, 9.17) is 4.18 Å². The van der Waals surface area contributed by atoms with Gasteiger partial charge in [-0.15, -0.1) is 0 Å². The van der Waals surface area contributed by atoms with Crippen molar-refractivity contribution >= 4 is 35.7 Å². The second kappa shape index (κ2) is 5.45. The predicted molar refractivity (Wildman–Crippen MR) is 77.3 cm³/mol. The van der Waals surface area contributed by atoms with Gasteiger partial charge in [0, 0.05) is 12.7 Å². The molecule has 22 heavy (non-hydrogen) atoms. The smallest absolute Gasteiger partial charge is 0.266 e. The summed E-state index contributed by atoms with van der Waals surface area (Å²) in [7, 11) is 0. The van der Waals surface area contributed by atoms with Gasteiger partial charge >= 0.3 is 0 Å². The Balaban J connectivity index is 1.98. The van der Waals surface area contributed by atoms with Crippen molar-refractivity contribution in [2.45, 2.75) is 18.9 Å². The van der Waals surface area contributed by atoms with Gasteiger partial charge in [0.1, 0.15) is 6.04 Å². The van der Waals surface area contributed by atoms with Crippen molar-refractivity contribution in [2.24, 2.45) is 0 Å². The Morgan fingerprint density at radius 1 is 1.23 bits per heavy atom. The zero-order chi connectivity index (χ0) is 15.9. The van der Waals surface area contributed by atoms with Crippen molar-refractivity contribution < 1.29 is 23.4 Å². The van der Waals surface area contributed by atoms with Gasteiger partial charge in [0.05, 0.1) is 23.2 Å². The highest BCUT2D eigenvalue weighted by Crippen LogP contribution is 2.34. The van der Waals surface area contributed by atoms with E-state index in [1.807, 2.05) is 0 Å². The lowest BCUT2D eigenvalue weighted by molar-refractivity contribution is -0.136. The fourth-order valence-corrected chi connectivity index (χ4v) is 2.96. The maximum atomic E-state index is 12.6. The molecule has 1 unspecified atom stereocenters. The third-order valence-electron chi connectivity index (χ3n) is 3.60. The molecule has 2 aliphatic rings. The van der Waals surface area contributed by atoms with Crippen molar-refractivity contribution in [1.82, 2.24) is 10.2 Å². The molecule has 1 fully saturated rings. The van der Waals surface area contributed by atoms with Gasteiger partial charge in [-0.2, -0.15) is 0 Å². The maximum Gasteiger partial charge on any atom is 0.266 e. The van der Waals surface area contributed by atoms with Crippen LogP contribution >= 0.6 is 12.0 Å². The molecule has 0 aromatic heterocycles. The average molecular weight is 320 g/mol. The highest BCUT2D eigenvalue weighted by Gasteiger charge is 2.45. The molecule has 1 saturated heterocycles. The molecule has 0 radical (unpaired) electrons. The summed E-state index contributed by atoms with van der Waals surface area (Å²) in [6.07, 6.45) is 1.92. The molecule has 0 aliphatic carbocycles. The van der Waals surface area contributed by atoms with E-state index in [0.29, 0.717) is 0 Å². The number of hydrogen-bond donors (Lipinski definition) is 1. The second-order valence-corrected chi connectivity index (χ2v) is 5.38. The van der Waals surface area contributed by atoms with E-state index in [0.717, 1.165) is 16.9 Å². The predicted octanol–water partition coefficient (Wildman–Crippen LogP) is 0.745. The van der Waals surface area contributed by atoms with E-state index in [9.17, 15) is 19.2 Å². The van der Waals surface area contributed by atoms with Crippen molar-refractivity contribution in [3.8, 4) is 5.75 Å². The summed E-state index contributed by atoms with van der Waals surface area (Å²) >= 11 is 1.06. The van der Waals surface area contributed by atoms with Crippen LogP contribution in [-0.4, -0.2) is 40.8 Å². The van der Waals surface area contributed by atoms with Crippen molar-refractivity contribution in [3.63, 3.8) is 0 Å². The first-order valence-electron chi connectivity index (χ1n) is 6.60. The van der Waals surface area contributed by atoms with E-state index in [-0.39, 0.29) is 29.7 Å². The Kier molecular flexibility index (Phi) is 3.61. The highest BCUT2D eigenvalue weighted by atomic mass is 32.2. The summed E-state index contributed by atoms with van der Waals surface area (Å²) in [6.45, 7) is 0. The number of carbonyl (C=O) groups excluding carboxylic acids is 4. The number of piperidine rings is 1. The molecule has 2 aliphatic heterocycles. The van der Waals surface area contributed by atoms with E-state index in [2.05, 4.69) is 5.32 Å². The zero-order valence-corrected chi connectivity index (χ0v) is 12.4. The molecule has 1 aromatic carbocycles. The van der Waals surface area contributed by atoms with Crippen LogP contribution in [0.2, 0.25) is 0 Å². The Bertz CT molecular complexity index is 702. The quantitative estimate of drug-likeness (QED) is 0.652. The highest BCUT2D eigenvalue weighted by molar-refractivity contribution is 7.94. The van der Waals surface area contributed by atoms with E-state index >= 15 is 0 Å². The van der Waals surface area contributed by atoms with Crippen molar-refractivity contribution in [2.75, 3.05) is 6.26 Å². The lowest BCUT2D eigenvalue weighted by atomic mass is 10.0. The van der Waals surface area contributed by atoms with Gasteiger partial charge in [-0.25, -0.2) is 0 Å². The van der Waals surface area contributed by atoms with Gasteiger partial charge < -0.3 is 4.18 Å². The number of carbonyl (C=O) groups is 4. The van der Waals surface area contributed by atoms with Crippen LogP contribution in [0.1, 0.15) is 33.6 Å². The summed E-state index contributed by atoms with van der Waals surface area (Å²) in [5.74, 6) is -1.85. The molecule has 0 spiro atoms. The number of nitrogens with one attached hydrogen (secondary N) is 1. The minimum atomic E-state index is -0.966. The molecule has 0 bridgehead atoms. The third-order valence-corrected chi connectivity index (χ3v) is 3.95. The van der Waals surface area contributed by atoms with Crippen LogP contribution in [0.3, 0.4) is 0 Å². The summed E-state index contributed by atoms with van der Waals surface area (Å²) < 4.78 is 5.31. The molecule has 4 amide bonds. The third kappa shape index (κ3) is 2.16. The van der Waals surface area contributed by atoms with Crippen LogP contribution in [0.5, 0.6) is 5.75 Å². The minimum Gasteiger partial charge on any atom is -0.425 e. The number of imide groups is 2. The summed E-state index contributed by atoms with van der Waals surface area (Å²) in [5.41, 5.74) is 0.368. The zero-order valence-electron chi connectivity index (χ0n) is 11.6. The van der Waals surface area contributed by atoms with Crippen LogP contribution in [0.25, 0.3) is 0 Å². The Hall–Kier alpha value is -2.35. The molecule has 3 rings (SSSR count). The van der Waals surface area contributed by atoms with Gasteiger partial charge in [-0.3, -0.25) is 29.4 Å². The normalized spacial score (nSPS) is 21.0. The molecule has 2 heterocycles. The molecule has 0 saturated carbocycles. The van der Waals surface area contributed by atoms with E-state index in [1.165, 1.54) is 6.07 Å². The lowest BCUT2D eigenvalue weighted by Gasteiger charge is -2.27. The Morgan fingerprint density at radius 2 is 2.00 bits per heavy atom. The first-order valence-corrected chi connectivity index (χ1v) is 7.75. The van der Waals surface area contributed by atoms with Crippen molar-refractivity contribution in [1.29, 1.82) is 0 Å². The van der Waals surface area contributed by atoms with Gasteiger partial charge in [0.2, 0.25) is 11.8 Å². The van der Waals surface area contributed by atoms with E-state index in [1.54, 1.807) is 18.4 Å². The minimum absolute atomic E-state index is 0.0952. The molecule has 1 N–H and O–H groups in total. The van der Waals surface area contributed by atoms with Gasteiger partial charge in [-0.05, 0) is 18.6 Å². The molecular formula is C14H12N2O5S. The molecular weight excluding hydrogens is 308 g/mol. The van der Waals surface area contributed by atoms with E-state index < -0.39 is 29.7 Å². The standard InChI is InChI=1S/C14H12N2O5S/c1-22-21-9-4-2-3-7-11(9)14(20)16(13(7)19)8-5-6-10(17)15-12(8)18/h2-4,8H,5-6H2,1H3,(H,15,17,18). The molecule has 7 nitrogen and oxygen atoms in total. The largest absolute Gasteiger partial charge is 0.425 e. The Morgan fingerprint density at radius 3 is 2.68 bits per heavy atom. The van der Waals surface area contributed by atoms with Gasteiger partial charge in [0.15, 0.2) is 5.75 Å². The number of benzene rings is 1. The lowest BCUT2D eigenvalue weighted by Crippen LogP contribution is -2.54. The molecule has 8 heteroatoms. The van der Waals surface area contributed by atoms with Crippen molar-refractivity contribution in [3.05, 3.63) is 29.3 Å². The van der Waals surface area contributed by atoms with Crippen LogP contribution in [0.4, 0.5) is 0 Å². The average Bonchev–Trinajstić information content (AvgIpc) is 2.73. The molecule has 1 aromatic rings. The van der Waals surface area contributed by atoms with Crippen LogP contribution < -0.4 is 9.50 Å². The second-order valence-electron chi connectivity index (χ2n) is 4.88. The summed E-state index contributed by atoms with van der Waals surface area (Å²) in [5, 5.41) is 2.15. The number of hydrogen-bond acceptors (Lipinski definition) is 6. The monoisotopic (exact) mass is 320 g/mol. The van der Waals surface area contributed by atoms with Crippen LogP contribution in [-0.2, 0) is 9.59 Å². The van der Waals surface area contributed by atoms with Crippen LogP contribution in [0.15, 0.2) is 18.2 Å². The maximum absolute atomic E-state index is 12.6. The van der Waals surface area contributed by atoms with Crippen LogP contribution in [0, 0.1) is 0 Å². The number of rotatable bonds is 3. The first kappa shape index (κ1) is 14.6. The first-order chi connectivity index (χ1) is 10.5. The SMILES string of the molecule is CSOc1cccc2c1C(=O)N(C1CCC(=O)NC1=O)C2=O. The van der Waals surface area contributed by atoms with Gasteiger partial charge in [-0.1, -0.05) is 6.07 Å². The fourth-order valence-electron chi connectivity index (χ4n) is 2.64. The number of fused-ring (bicyclic) bond motifs is 1. The molecule has 1 atom stereocenters. The number of amides is 4. The summed E-state index contributed by atoms with van der Waals surface area (Å²) in [6, 6.07) is 3.76.